The number of piperazine rings is 1. The molecule has 0 spiro atoms. The Kier molecular flexibility index (Phi) is 14.9. The first-order valence-electron chi connectivity index (χ1n) is 22.8. The molecule has 5 aromatic rings. The number of hydrogen-bond donors (Lipinski definition) is 4. The third-order valence-corrected chi connectivity index (χ3v) is 12.3. The van der Waals surface area contributed by atoms with Gasteiger partial charge in [-0.15, -0.1) is 0 Å². The standard InChI is InChI=1S/C50H50FN11O7/c1-69-41-12-8-10-35(51)45(41)46-56-22-18-38(57-46)47(65)58-36-14-13-31(34-29-53-21-17-32(34)28-52)27-40(36)61-25-23-60(24-26-61)30-43(64)55-20-6-4-2-3-5-19-54-37-11-7-9-33-44(37)50(68)62(49(33)67)39-15-16-42(63)59-48(39)66/h7-14,17-18,21-22,27,29,39,54H,2-6,15-16,19-20,23-26,30H2,1H3,(H,55,64)(H,58,65)(H,59,63,66). The Bertz CT molecular complexity index is 2840. The topological polar surface area (TPSA) is 232 Å². The van der Waals surface area contributed by atoms with Crippen LogP contribution in [0.1, 0.15) is 81.7 Å². The number of amides is 6. The van der Waals surface area contributed by atoms with Crippen molar-refractivity contribution in [2.45, 2.75) is 51.0 Å². The minimum absolute atomic E-state index is 0.00636. The van der Waals surface area contributed by atoms with Gasteiger partial charge in [0.05, 0.1) is 53.4 Å². The molecule has 2 aromatic heterocycles. The first kappa shape index (κ1) is 47.4. The van der Waals surface area contributed by atoms with Crippen LogP contribution in [0.5, 0.6) is 5.75 Å². The quantitative estimate of drug-likeness (QED) is 0.0656. The molecule has 3 aliphatic heterocycles. The zero-order valence-corrected chi connectivity index (χ0v) is 37.9. The van der Waals surface area contributed by atoms with Crippen LogP contribution < -0.4 is 30.9 Å². The van der Waals surface area contributed by atoms with E-state index in [1.165, 1.54) is 31.5 Å². The minimum Gasteiger partial charge on any atom is -0.496 e. The number of methoxy groups -OCH3 is 1. The summed E-state index contributed by atoms with van der Waals surface area (Å²) in [5.74, 6) is -3.14. The van der Waals surface area contributed by atoms with Crippen molar-refractivity contribution in [1.29, 1.82) is 5.26 Å². The van der Waals surface area contributed by atoms with E-state index < -0.39 is 41.4 Å². The number of fused-ring (bicyclic) bond motifs is 1. The van der Waals surface area contributed by atoms with Crippen LogP contribution in [0.4, 0.5) is 21.5 Å². The highest BCUT2D eigenvalue weighted by molar-refractivity contribution is 6.25. The highest BCUT2D eigenvalue weighted by Gasteiger charge is 2.45. The molecule has 1 atom stereocenters. The van der Waals surface area contributed by atoms with Gasteiger partial charge in [-0.05, 0) is 73.4 Å². The van der Waals surface area contributed by atoms with E-state index in [0.717, 1.165) is 42.6 Å². The van der Waals surface area contributed by atoms with Crippen molar-refractivity contribution in [3.8, 4) is 34.3 Å². The second kappa shape index (κ2) is 21.7. The average Bonchev–Trinajstić information content (AvgIpc) is 3.62. The SMILES string of the molecule is COc1cccc(F)c1-c1nccc(C(=O)Nc2ccc(-c3cnccc3C#N)cc2N2CCN(CC(=O)NCCCCCCCNc3cccc4c3C(=O)N(C3CCC(=O)NC3=O)C4=O)CC2)n1. The maximum absolute atomic E-state index is 14.9. The molecule has 5 heterocycles. The zero-order chi connectivity index (χ0) is 48.4. The van der Waals surface area contributed by atoms with Gasteiger partial charge in [0.1, 0.15) is 23.3 Å². The first-order valence-corrected chi connectivity index (χ1v) is 22.8. The second-order valence-corrected chi connectivity index (χ2v) is 16.8. The molecule has 0 radical (unpaired) electrons. The van der Waals surface area contributed by atoms with Crippen LogP contribution in [0.15, 0.2) is 85.3 Å². The Hall–Kier alpha value is -8.11. The predicted octanol–water partition coefficient (Wildman–Crippen LogP) is 5.18. The predicted molar refractivity (Wildman–Crippen MR) is 253 cm³/mol. The fourth-order valence-electron chi connectivity index (χ4n) is 8.77. The number of rotatable bonds is 18. The molecule has 8 rings (SSSR count). The fraction of sp³-hybridized carbons (Fsp3) is 0.320. The van der Waals surface area contributed by atoms with E-state index in [9.17, 15) is 38.4 Å². The highest BCUT2D eigenvalue weighted by atomic mass is 19.1. The average molecular weight is 936 g/mol. The normalized spacial score (nSPS) is 15.9. The van der Waals surface area contributed by atoms with Crippen LogP contribution in [0, 0.1) is 17.1 Å². The lowest BCUT2D eigenvalue weighted by molar-refractivity contribution is -0.136. The fourth-order valence-corrected chi connectivity index (χ4v) is 8.77. The molecule has 0 aliphatic carbocycles. The van der Waals surface area contributed by atoms with Gasteiger partial charge in [0, 0.05) is 75.5 Å². The molecule has 3 aliphatic rings. The Morgan fingerprint density at radius 2 is 1.65 bits per heavy atom. The number of halogens is 1. The van der Waals surface area contributed by atoms with E-state index in [1.54, 1.807) is 54.9 Å². The summed E-state index contributed by atoms with van der Waals surface area (Å²) in [6.07, 6.45) is 9.12. The van der Waals surface area contributed by atoms with Gasteiger partial charge < -0.3 is 25.6 Å². The number of pyridine rings is 1. The third kappa shape index (κ3) is 10.7. The van der Waals surface area contributed by atoms with Crippen molar-refractivity contribution in [2.75, 3.05) is 68.5 Å². The summed E-state index contributed by atoms with van der Waals surface area (Å²) in [5, 5.41) is 21.3. The van der Waals surface area contributed by atoms with Crippen LogP contribution >= 0.6 is 0 Å². The van der Waals surface area contributed by atoms with Gasteiger partial charge in [-0.2, -0.15) is 5.26 Å². The van der Waals surface area contributed by atoms with Gasteiger partial charge in [0.25, 0.3) is 17.7 Å². The van der Waals surface area contributed by atoms with Crippen LogP contribution in [0.3, 0.4) is 0 Å². The highest BCUT2D eigenvalue weighted by Crippen LogP contribution is 2.36. The number of nitrogens with one attached hydrogen (secondary N) is 4. The van der Waals surface area contributed by atoms with E-state index in [0.29, 0.717) is 67.5 Å². The van der Waals surface area contributed by atoms with Crippen molar-refractivity contribution < 1.29 is 37.9 Å². The molecule has 4 N–H and O–H groups in total. The number of benzene rings is 3. The molecular weight excluding hydrogens is 886 g/mol. The van der Waals surface area contributed by atoms with E-state index in [2.05, 4.69) is 52.1 Å². The Morgan fingerprint density at radius 3 is 2.43 bits per heavy atom. The monoisotopic (exact) mass is 935 g/mol. The minimum atomic E-state index is -1.02. The van der Waals surface area contributed by atoms with E-state index in [4.69, 9.17) is 4.74 Å². The Morgan fingerprint density at radius 1 is 0.870 bits per heavy atom. The van der Waals surface area contributed by atoms with Crippen molar-refractivity contribution in [3.05, 3.63) is 114 Å². The number of nitrogens with zero attached hydrogens (tertiary/aromatic N) is 7. The van der Waals surface area contributed by atoms with Crippen molar-refractivity contribution in [1.82, 2.24) is 35.4 Å². The first-order chi connectivity index (χ1) is 33.5. The zero-order valence-electron chi connectivity index (χ0n) is 37.9. The van der Waals surface area contributed by atoms with Crippen molar-refractivity contribution >= 4 is 52.5 Å². The molecule has 1 unspecified atom stereocenters. The number of hydrogen-bond acceptors (Lipinski definition) is 14. The van der Waals surface area contributed by atoms with E-state index in [-0.39, 0.29) is 59.3 Å². The number of ether oxygens (including phenoxy) is 1. The number of carbonyl (C=O) groups excluding carboxylic acids is 6. The molecule has 2 saturated heterocycles. The van der Waals surface area contributed by atoms with Gasteiger partial charge >= 0.3 is 0 Å². The maximum atomic E-state index is 14.9. The number of aromatic nitrogens is 3. The number of imide groups is 2. The van der Waals surface area contributed by atoms with Crippen LogP contribution in [-0.4, -0.2) is 119 Å². The summed E-state index contributed by atoms with van der Waals surface area (Å²) < 4.78 is 20.2. The molecule has 0 saturated carbocycles. The molecule has 354 valence electrons. The summed E-state index contributed by atoms with van der Waals surface area (Å²) in [5.41, 5.74) is 4.06. The molecule has 0 bridgehead atoms. The summed E-state index contributed by atoms with van der Waals surface area (Å²) in [6.45, 7) is 3.58. The van der Waals surface area contributed by atoms with Crippen LogP contribution in [0.2, 0.25) is 0 Å². The van der Waals surface area contributed by atoms with Crippen molar-refractivity contribution in [3.63, 3.8) is 0 Å². The number of anilines is 3. The lowest BCUT2D eigenvalue weighted by atomic mass is 10.0. The lowest BCUT2D eigenvalue weighted by Crippen LogP contribution is -2.54. The Labute approximate surface area is 397 Å². The van der Waals surface area contributed by atoms with E-state index in [1.807, 2.05) is 6.07 Å². The molecule has 18 nitrogen and oxygen atoms in total. The van der Waals surface area contributed by atoms with Crippen molar-refractivity contribution in [2.24, 2.45) is 0 Å². The van der Waals surface area contributed by atoms with Gasteiger partial charge in [0.2, 0.25) is 17.7 Å². The van der Waals surface area contributed by atoms with Crippen LogP contribution in [-0.2, 0) is 14.4 Å². The smallest absolute Gasteiger partial charge is 0.274 e. The summed E-state index contributed by atoms with van der Waals surface area (Å²) in [6, 6.07) is 19.1. The van der Waals surface area contributed by atoms with Gasteiger partial charge in [0.15, 0.2) is 5.82 Å². The van der Waals surface area contributed by atoms with E-state index >= 15 is 0 Å². The van der Waals surface area contributed by atoms with Gasteiger partial charge in [-0.25, -0.2) is 14.4 Å². The molecule has 6 amide bonds. The molecule has 69 heavy (non-hydrogen) atoms. The largest absolute Gasteiger partial charge is 0.496 e. The Balaban J connectivity index is 0.796. The molecular formula is C50H50FN11O7. The van der Waals surface area contributed by atoms with Gasteiger partial charge in [-0.3, -0.25) is 48.9 Å². The number of carbonyl (C=O) groups is 6. The van der Waals surface area contributed by atoms with Gasteiger partial charge in [-0.1, -0.05) is 37.5 Å². The second-order valence-electron chi connectivity index (χ2n) is 16.8. The lowest BCUT2D eigenvalue weighted by Gasteiger charge is -2.36. The summed E-state index contributed by atoms with van der Waals surface area (Å²) in [4.78, 5) is 95.3. The molecule has 2 fully saturated rings. The number of unbranched alkanes of at least 4 members (excludes halogenated alkanes) is 4. The third-order valence-electron chi connectivity index (χ3n) is 12.3. The number of nitriles is 1. The maximum Gasteiger partial charge on any atom is 0.274 e. The molecule has 19 heteroatoms. The summed E-state index contributed by atoms with van der Waals surface area (Å²) >= 11 is 0. The number of piperidine rings is 1. The van der Waals surface area contributed by atoms with Crippen LogP contribution in [0.25, 0.3) is 22.5 Å². The molecule has 3 aromatic carbocycles. The summed E-state index contributed by atoms with van der Waals surface area (Å²) in [7, 11) is 1.41.